The lowest BCUT2D eigenvalue weighted by atomic mass is 9.63. The molecule has 4 heteroatoms. The van der Waals surface area contributed by atoms with Crippen LogP contribution >= 0.6 is 0 Å². The number of carbonyl (C=O) groups excluding carboxylic acids is 1. The van der Waals surface area contributed by atoms with Crippen molar-refractivity contribution in [3.05, 3.63) is 100 Å². The summed E-state index contributed by atoms with van der Waals surface area (Å²) in [6, 6.07) is 20.2. The average molecular weight is 519 g/mol. The summed E-state index contributed by atoms with van der Waals surface area (Å²) in [7, 11) is 0. The van der Waals surface area contributed by atoms with Gasteiger partial charge in [0.25, 0.3) is 0 Å². The van der Waals surface area contributed by atoms with Gasteiger partial charge in [0.1, 0.15) is 0 Å². The molecule has 1 aliphatic carbocycles. The minimum absolute atomic E-state index is 0.0847. The summed E-state index contributed by atoms with van der Waals surface area (Å²) < 4.78 is 0. The Bertz CT molecular complexity index is 1290. The van der Waals surface area contributed by atoms with Crippen molar-refractivity contribution in [1.29, 1.82) is 0 Å². The number of carbonyl (C=O) groups is 1. The normalized spacial score (nSPS) is 15.2. The highest BCUT2D eigenvalue weighted by Gasteiger charge is 2.41. The standard InChI is InChI=1S/C35H43BN2O/c1-22(2)28-11-9-12-29(23(3)4)34(28)37-19-20-38(35-30(24(5)6)13-10-14-31(35)25(7)8)36(37)27-17-15-26-16-18-33(39)32(26)21-27/h9-15,17,19-25H,16,18H2,1-8H3. The predicted molar refractivity (Wildman–Crippen MR) is 168 cm³/mol. The molecule has 0 radical (unpaired) electrons. The highest BCUT2D eigenvalue weighted by Crippen LogP contribution is 2.42. The van der Waals surface area contributed by atoms with E-state index in [1.807, 2.05) is 0 Å². The molecule has 0 saturated heterocycles. The van der Waals surface area contributed by atoms with Crippen LogP contribution in [0.5, 0.6) is 0 Å². The van der Waals surface area contributed by atoms with E-state index in [0.29, 0.717) is 30.1 Å². The van der Waals surface area contributed by atoms with Gasteiger partial charge in [0.2, 0.25) is 0 Å². The van der Waals surface area contributed by atoms with E-state index in [1.54, 1.807) is 0 Å². The quantitative estimate of drug-likeness (QED) is 0.293. The summed E-state index contributed by atoms with van der Waals surface area (Å²) in [5.74, 6) is 1.82. The van der Waals surface area contributed by atoms with Crippen molar-refractivity contribution in [3.63, 3.8) is 0 Å². The Balaban J connectivity index is 1.78. The van der Waals surface area contributed by atoms with Crippen LogP contribution in [0.15, 0.2) is 67.0 Å². The van der Waals surface area contributed by atoms with Gasteiger partial charge in [0.15, 0.2) is 5.78 Å². The van der Waals surface area contributed by atoms with Crippen LogP contribution in [-0.4, -0.2) is 12.8 Å². The fourth-order valence-electron chi connectivity index (χ4n) is 6.39. The van der Waals surface area contributed by atoms with Crippen molar-refractivity contribution in [2.45, 2.75) is 91.9 Å². The largest absolute Gasteiger partial charge is 0.419 e. The van der Waals surface area contributed by atoms with E-state index in [-0.39, 0.29) is 12.8 Å². The lowest BCUT2D eigenvalue weighted by Gasteiger charge is -2.36. The second kappa shape index (κ2) is 10.7. The molecule has 3 nitrogen and oxygen atoms in total. The maximum atomic E-state index is 12.9. The maximum Gasteiger partial charge on any atom is 0.419 e. The van der Waals surface area contributed by atoms with Crippen LogP contribution < -0.4 is 15.1 Å². The number of fused-ring (bicyclic) bond motifs is 1. The monoisotopic (exact) mass is 518 g/mol. The molecule has 2 aliphatic rings. The molecule has 1 heterocycles. The minimum atomic E-state index is -0.0847. The van der Waals surface area contributed by atoms with Crippen LogP contribution in [0.4, 0.5) is 11.4 Å². The van der Waals surface area contributed by atoms with Gasteiger partial charge in [0.05, 0.1) is 0 Å². The van der Waals surface area contributed by atoms with Crippen molar-refractivity contribution in [2.75, 3.05) is 9.62 Å². The second-order valence-corrected chi connectivity index (χ2v) is 12.5. The third kappa shape index (κ3) is 4.84. The summed E-state index contributed by atoms with van der Waals surface area (Å²) in [6.45, 7) is 18.2. The molecule has 202 valence electrons. The molecule has 0 amide bonds. The lowest BCUT2D eigenvalue weighted by molar-refractivity contribution is 0.0994. The fraction of sp³-hybridized carbons (Fsp3) is 0.400. The summed E-state index contributed by atoms with van der Waals surface area (Å²) in [4.78, 5) is 17.8. The Hall–Kier alpha value is -3.27. The first-order chi connectivity index (χ1) is 18.6. The fourth-order valence-corrected chi connectivity index (χ4v) is 6.39. The van der Waals surface area contributed by atoms with Gasteiger partial charge in [-0.1, -0.05) is 110 Å². The molecule has 0 N–H and O–H groups in total. The number of nitrogens with zero attached hydrogens (tertiary/aromatic N) is 2. The van der Waals surface area contributed by atoms with E-state index >= 15 is 0 Å². The van der Waals surface area contributed by atoms with Gasteiger partial charge in [-0.05, 0) is 63.4 Å². The van der Waals surface area contributed by atoms with E-state index < -0.39 is 0 Å². The van der Waals surface area contributed by atoms with E-state index in [2.05, 4.69) is 132 Å². The highest BCUT2D eigenvalue weighted by atomic mass is 16.1. The zero-order chi connectivity index (χ0) is 28.0. The minimum Gasteiger partial charge on any atom is -0.366 e. The van der Waals surface area contributed by atoms with Crippen LogP contribution in [0.25, 0.3) is 0 Å². The number of benzene rings is 3. The van der Waals surface area contributed by atoms with Gasteiger partial charge in [-0.3, -0.25) is 4.79 Å². The Morgan fingerprint density at radius 1 is 0.615 bits per heavy atom. The molecule has 3 aromatic rings. The van der Waals surface area contributed by atoms with Gasteiger partial charge in [-0.15, -0.1) is 0 Å². The number of ketones is 1. The molecule has 0 atom stereocenters. The van der Waals surface area contributed by atoms with Gasteiger partial charge >= 0.3 is 6.98 Å². The molecule has 0 saturated carbocycles. The molecular formula is C35H43BN2O. The van der Waals surface area contributed by atoms with Gasteiger partial charge in [0, 0.05) is 35.8 Å². The summed E-state index contributed by atoms with van der Waals surface area (Å²) in [5, 5.41) is 0. The second-order valence-electron chi connectivity index (χ2n) is 12.5. The third-order valence-corrected chi connectivity index (χ3v) is 8.47. The highest BCUT2D eigenvalue weighted by molar-refractivity contribution is 6.82. The molecular weight excluding hydrogens is 475 g/mol. The molecule has 0 unspecified atom stereocenters. The molecule has 5 rings (SSSR count). The number of Topliss-reactive ketones (excluding diaryl/α,β-unsaturated/α-hetero) is 1. The lowest BCUT2D eigenvalue weighted by Crippen LogP contribution is -2.54. The third-order valence-electron chi connectivity index (χ3n) is 8.47. The first kappa shape index (κ1) is 27.3. The van der Waals surface area contributed by atoms with Crippen LogP contribution in [0, 0.1) is 0 Å². The van der Waals surface area contributed by atoms with Crippen LogP contribution in [0.1, 0.15) is 124 Å². The zero-order valence-corrected chi connectivity index (χ0v) is 25.0. The van der Waals surface area contributed by atoms with Gasteiger partial charge < -0.3 is 9.62 Å². The van der Waals surface area contributed by atoms with Gasteiger partial charge in [-0.2, -0.15) is 0 Å². The topological polar surface area (TPSA) is 23.6 Å². The number of rotatable bonds is 7. The van der Waals surface area contributed by atoms with Crippen LogP contribution in [-0.2, 0) is 6.42 Å². The van der Waals surface area contributed by atoms with Gasteiger partial charge in [-0.25, -0.2) is 0 Å². The Morgan fingerprint density at radius 2 is 1.05 bits per heavy atom. The van der Waals surface area contributed by atoms with Crippen molar-refractivity contribution < 1.29 is 4.79 Å². The number of para-hydroxylation sites is 2. The number of aryl methyl sites for hydroxylation is 1. The molecule has 0 spiro atoms. The predicted octanol–water partition coefficient (Wildman–Crippen LogP) is 8.50. The number of hydrogen-bond acceptors (Lipinski definition) is 3. The van der Waals surface area contributed by atoms with E-state index in [9.17, 15) is 4.79 Å². The van der Waals surface area contributed by atoms with E-state index in [1.165, 1.54) is 39.2 Å². The first-order valence-electron chi connectivity index (χ1n) is 14.8. The Kier molecular flexibility index (Phi) is 7.50. The zero-order valence-electron chi connectivity index (χ0n) is 25.0. The van der Waals surface area contributed by atoms with Crippen LogP contribution in [0.2, 0.25) is 0 Å². The smallest absolute Gasteiger partial charge is 0.366 e. The number of anilines is 2. The summed E-state index contributed by atoms with van der Waals surface area (Å²) in [6.07, 6.45) is 6.02. The van der Waals surface area contributed by atoms with E-state index in [4.69, 9.17) is 0 Å². The number of hydrogen-bond donors (Lipinski definition) is 0. The molecule has 1 aliphatic heterocycles. The maximum absolute atomic E-state index is 12.9. The van der Waals surface area contributed by atoms with Crippen molar-refractivity contribution in [3.8, 4) is 0 Å². The van der Waals surface area contributed by atoms with Crippen molar-refractivity contribution >= 4 is 29.6 Å². The molecule has 0 fully saturated rings. The SMILES string of the molecule is CC(C)c1cccc(C(C)C)c1N1C=CN(c2c(C(C)C)cccc2C(C)C)B1c1ccc2c(c1)C(=O)CC2. The summed E-state index contributed by atoms with van der Waals surface area (Å²) >= 11 is 0. The first-order valence-corrected chi connectivity index (χ1v) is 14.8. The van der Waals surface area contributed by atoms with Crippen LogP contribution in [0.3, 0.4) is 0 Å². The van der Waals surface area contributed by atoms with Crippen molar-refractivity contribution in [1.82, 2.24) is 0 Å². The summed E-state index contributed by atoms with van der Waals surface area (Å²) in [5.41, 5.74) is 11.3. The molecule has 39 heavy (non-hydrogen) atoms. The molecule has 0 bridgehead atoms. The average Bonchev–Trinajstić information content (AvgIpc) is 3.50. The molecule has 3 aromatic carbocycles. The Labute approximate surface area is 236 Å². The Morgan fingerprint density at radius 3 is 1.46 bits per heavy atom. The van der Waals surface area contributed by atoms with Crippen molar-refractivity contribution in [2.24, 2.45) is 0 Å². The molecule has 0 aromatic heterocycles. The van der Waals surface area contributed by atoms with E-state index in [0.717, 1.165) is 17.4 Å².